The first-order chi connectivity index (χ1) is 9.36. The SMILES string of the molecule is CC1CC1C(=O)Nc1ccc2c(c1)N(S(N)(=O)=O)CC2. The molecule has 1 fully saturated rings. The van der Waals surface area contributed by atoms with Crippen LogP contribution in [0.3, 0.4) is 0 Å². The van der Waals surface area contributed by atoms with Crippen molar-refractivity contribution in [2.75, 3.05) is 16.2 Å². The Kier molecular flexibility index (Phi) is 2.98. The minimum absolute atomic E-state index is 0.00222. The number of rotatable bonds is 3. The van der Waals surface area contributed by atoms with Crippen LogP contribution in [0.25, 0.3) is 0 Å². The lowest BCUT2D eigenvalue weighted by atomic mass is 10.1. The molecule has 1 saturated carbocycles. The Labute approximate surface area is 118 Å². The van der Waals surface area contributed by atoms with Crippen LogP contribution in [0.5, 0.6) is 0 Å². The van der Waals surface area contributed by atoms with Crippen molar-refractivity contribution in [3.8, 4) is 0 Å². The first-order valence-corrected chi connectivity index (χ1v) is 8.11. The molecule has 6 nitrogen and oxygen atoms in total. The van der Waals surface area contributed by atoms with E-state index in [1.807, 2.05) is 13.0 Å². The number of benzene rings is 1. The number of nitrogens with two attached hydrogens (primary N) is 1. The fourth-order valence-corrected chi connectivity index (χ4v) is 3.40. The third-order valence-electron chi connectivity index (χ3n) is 3.96. The third kappa shape index (κ3) is 2.38. The molecular formula is C13H17N3O3S. The van der Waals surface area contributed by atoms with E-state index in [1.54, 1.807) is 12.1 Å². The van der Waals surface area contributed by atoms with Gasteiger partial charge in [-0.1, -0.05) is 13.0 Å². The minimum Gasteiger partial charge on any atom is -0.326 e. The van der Waals surface area contributed by atoms with Crippen LogP contribution >= 0.6 is 0 Å². The summed E-state index contributed by atoms with van der Waals surface area (Å²) in [4.78, 5) is 11.9. The fraction of sp³-hybridized carbons (Fsp3) is 0.462. The average Bonchev–Trinajstić information content (AvgIpc) is 2.93. The van der Waals surface area contributed by atoms with Crippen molar-refractivity contribution in [3.05, 3.63) is 23.8 Å². The van der Waals surface area contributed by atoms with E-state index >= 15 is 0 Å². The van der Waals surface area contributed by atoms with Gasteiger partial charge < -0.3 is 5.32 Å². The molecule has 20 heavy (non-hydrogen) atoms. The van der Waals surface area contributed by atoms with Gasteiger partial charge in [-0.15, -0.1) is 0 Å². The van der Waals surface area contributed by atoms with E-state index in [1.165, 1.54) is 4.31 Å². The van der Waals surface area contributed by atoms with Crippen LogP contribution in [0.15, 0.2) is 18.2 Å². The van der Waals surface area contributed by atoms with E-state index in [-0.39, 0.29) is 11.8 Å². The number of hydrogen-bond acceptors (Lipinski definition) is 3. The molecule has 3 N–H and O–H groups in total. The molecule has 0 bridgehead atoms. The van der Waals surface area contributed by atoms with Crippen molar-refractivity contribution in [3.63, 3.8) is 0 Å². The third-order valence-corrected chi connectivity index (χ3v) is 4.95. The van der Waals surface area contributed by atoms with Crippen molar-refractivity contribution in [1.29, 1.82) is 0 Å². The summed E-state index contributed by atoms with van der Waals surface area (Å²) >= 11 is 0. The molecule has 1 heterocycles. The lowest BCUT2D eigenvalue weighted by Gasteiger charge is -2.16. The summed E-state index contributed by atoms with van der Waals surface area (Å²) in [6.45, 7) is 2.39. The summed E-state index contributed by atoms with van der Waals surface area (Å²) < 4.78 is 24.2. The Morgan fingerprint density at radius 3 is 2.75 bits per heavy atom. The quantitative estimate of drug-likeness (QED) is 0.865. The second-order valence-electron chi connectivity index (χ2n) is 5.52. The zero-order chi connectivity index (χ0) is 14.5. The molecule has 3 rings (SSSR count). The summed E-state index contributed by atoms with van der Waals surface area (Å²) in [6, 6.07) is 5.32. The summed E-state index contributed by atoms with van der Waals surface area (Å²) in [5.41, 5.74) is 2.11. The fourth-order valence-electron chi connectivity index (χ4n) is 2.61. The normalized spacial score (nSPS) is 24.4. The molecule has 0 saturated heterocycles. The number of carbonyl (C=O) groups is 1. The molecule has 2 atom stereocenters. The standard InChI is InChI=1S/C13H17N3O3S/c1-8-6-11(8)13(17)15-10-3-2-9-4-5-16(12(9)7-10)20(14,18)19/h2-3,7-8,11H,4-6H2,1H3,(H,15,17)(H2,14,18,19). The molecule has 2 unspecified atom stereocenters. The molecule has 7 heteroatoms. The summed E-state index contributed by atoms with van der Waals surface area (Å²) in [5.74, 6) is 0.514. The van der Waals surface area contributed by atoms with Gasteiger partial charge in [0, 0.05) is 18.2 Å². The smallest absolute Gasteiger partial charge is 0.299 e. The van der Waals surface area contributed by atoms with Gasteiger partial charge in [0.25, 0.3) is 10.2 Å². The summed E-state index contributed by atoms with van der Waals surface area (Å²) in [7, 11) is -3.75. The van der Waals surface area contributed by atoms with Crippen LogP contribution in [0, 0.1) is 11.8 Å². The van der Waals surface area contributed by atoms with E-state index in [0.717, 1.165) is 12.0 Å². The number of anilines is 2. The lowest BCUT2D eigenvalue weighted by Crippen LogP contribution is -2.35. The molecule has 1 aromatic carbocycles. The Morgan fingerprint density at radius 1 is 1.45 bits per heavy atom. The Morgan fingerprint density at radius 2 is 2.15 bits per heavy atom. The first-order valence-electron chi connectivity index (χ1n) is 6.60. The van der Waals surface area contributed by atoms with E-state index in [9.17, 15) is 13.2 Å². The second-order valence-corrected chi connectivity index (χ2v) is 6.99. The van der Waals surface area contributed by atoms with Crippen LogP contribution in [-0.4, -0.2) is 20.9 Å². The number of hydrogen-bond donors (Lipinski definition) is 2. The monoisotopic (exact) mass is 295 g/mol. The molecule has 2 aliphatic rings. The van der Waals surface area contributed by atoms with Gasteiger partial charge in [-0.2, -0.15) is 8.42 Å². The number of amides is 1. The van der Waals surface area contributed by atoms with Gasteiger partial charge in [-0.25, -0.2) is 5.14 Å². The van der Waals surface area contributed by atoms with Gasteiger partial charge in [0.1, 0.15) is 0 Å². The predicted octanol–water partition coefficient (Wildman–Crippen LogP) is 0.847. The van der Waals surface area contributed by atoms with Crippen molar-refractivity contribution in [2.24, 2.45) is 17.0 Å². The molecule has 0 spiro atoms. The van der Waals surface area contributed by atoms with E-state index in [0.29, 0.717) is 30.3 Å². The van der Waals surface area contributed by atoms with Crippen LogP contribution in [0.1, 0.15) is 18.9 Å². The second kappa shape index (κ2) is 4.46. The first kappa shape index (κ1) is 13.4. The number of fused-ring (bicyclic) bond motifs is 1. The van der Waals surface area contributed by atoms with Gasteiger partial charge in [-0.05, 0) is 36.5 Å². The number of nitrogens with one attached hydrogen (secondary N) is 1. The molecule has 1 aromatic rings. The predicted molar refractivity (Wildman–Crippen MR) is 76.5 cm³/mol. The van der Waals surface area contributed by atoms with Crippen LogP contribution in [0.4, 0.5) is 11.4 Å². The van der Waals surface area contributed by atoms with Crippen LogP contribution in [-0.2, 0) is 21.4 Å². The van der Waals surface area contributed by atoms with Crippen LogP contribution < -0.4 is 14.8 Å². The average molecular weight is 295 g/mol. The highest BCUT2D eigenvalue weighted by Crippen LogP contribution is 2.39. The van der Waals surface area contributed by atoms with Crippen molar-refractivity contribution in [2.45, 2.75) is 19.8 Å². The maximum absolute atomic E-state index is 11.9. The van der Waals surface area contributed by atoms with E-state index in [2.05, 4.69) is 5.32 Å². The Bertz CT molecular complexity index is 671. The number of carbonyl (C=O) groups excluding carboxylic acids is 1. The highest BCUT2D eigenvalue weighted by molar-refractivity contribution is 7.90. The van der Waals surface area contributed by atoms with Gasteiger partial charge >= 0.3 is 0 Å². The molecule has 0 radical (unpaired) electrons. The van der Waals surface area contributed by atoms with Gasteiger partial charge in [0.05, 0.1) is 5.69 Å². The number of nitrogens with zero attached hydrogens (tertiary/aromatic N) is 1. The van der Waals surface area contributed by atoms with Gasteiger partial charge in [0.2, 0.25) is 5.91 Å². The van der Waals surface area contributed by atoms with E-state index < -0.39 is 10.2 Å². The minimum atomic E-state index is -3.75. The zero-order valence-corrected chi connectivity index (χ0v) is 12.0. The van der Waals surface area contributed by atoms with Crippen LogP contribution in [0.2, 0.25) is 0 Å². The zero-order valence-electron chi connectivity index (χ0n) is 11.2. The summed E-state index contributed by atoms with van der Waals surface area (Å²) in [5, 5.41) is 8.03. The molecular weight excluding hydrogens is 278 g/mol. The molecule has 1 aliphatic carbocycles. The molecule has 108 valence electrons. The van der Waals surface area contributed by atoms with Crippen molar-refractivity contribution in [1.82, 2.24) is 0 Å². The maximum Gasteiger partial charge on any atom is 0.299 e. The lowest BCUT2D eigenvalue weighted by molar-refractivity contribution is -0.117. The topological polar surface area (TPSA) is 92.5 Å². The molecule has 1 amide bonds. The van der Waals surface area contributed by atoms with Gasteiger partial charge in [-0.3, -0.25) is 9.10 Å². The Hall–Kier alpha value is -1.60. The van der Waals surface area contributed by atoms with E-state index in [4.69, 9.17) is 5.14 Å². The largest absolute Gasteiger partial charge is 0.326 e. The van der Waals surface area contributed by atoms with Crippen molar-refractivity contribution < 1.29 is 13.2 Å². The van der Waals surface area contributed by atoms with Gasteiger partial charge in [0.15, 0.2) is 0 Å². The van der Waals surface area contributed by atoms with Crippen molar-refractivity contribution >= 4 is 27.5 Å². The summed E-state index contributed by atoms with van der Waals surface area (Å²) in [6.07, 6.45) is 1.56. The molecule has 1 aliphatic heterocycles. The Balaban J connectivity index is 1.84. The molecule has 0 aromatic heterocycles. The highest BCUT2D eigenvalue weighted by atomic mass is 32.2. The highest BCUT2D eigenvalue weighted by Gasteiger charge is 2.39. The maximum atomic E-state index is 11.9.